The molecule has 0 aliphatic rings. The summed E-state index contributed by atoms with van der Waals surface area (Å²) in [6.45, 7) is 3.08. The molecule has 0 atom stereocenters. The van der Waals surface area contributed by atoms with Crippen LogP contribution in [0.5, 0.6) is 5.75 Å². The topological polar surface area (TPSA) is 66.3 Å². The molecule has 0 saturated carbocycles. The molecular weight excluding hydrogens is 407 g/mol. The predicted octanol–water partition coefficient (Wildman–Crippen LogP) is 4.43. The number of carbonyl (C=O) groups excluding carboxylic acids is 1. The lowest BCUT2D eigenvalue weighted by atomic mass is 10.1. The first-order valence-electron chi connectivity index (χ1n) is 9.69. The average molecular weight is 429 g/mol. The van der Waals surface area contributed by atoms with Gasteiger partial charge in [-0.3, -0.25) is 4.79 Å². The van der Waals surface area contributed by atoms with Crippen LogP contribution in [-0.2, 0) is 6.54 Å². The fourth-order valence-corrected chi connectivity index (χ4v) is 3.25. The summed E-state index contributed by atoms with van der Waals surface area (Å²) in [5.41, 5.74) is 2.31. The fraction of sp³-hybridized carbons (Fsp3) is 0.261. The minimum Gasteiger partial charge on any atom is -0.506 e. The van der Waals surface area contributed by atoms with Gasteiger partial charge in [-0.2, -0.15) is 13.2 Å². The van der Waals surface area contributed by atoms with Gasteiger partial charge in [0.25, 0.3) is 5.91 Å². The molecule has 1 heterocycles. The standard InChI is InChI=1S/C23H22F3N3O2/c1-3-27-22(31)16-9-10-19(21(30)12-16)28-11-5-7-17-13-18-15(2)6-4-8-20(18)29(17)14-23(24,25)26/h4,6,8-10,12-13,28,30H,3,11,14H2,1-2H3,(H,27,31). The first-order valence-corrected chi connectivity index (χ1v) is 9.69. The van der Waals surface area contributed by atoms with E-state index < -0.39 is 12.7 Å². The number of rotatable bonds is 5. The van der Waals surface area contributed by atoms with E-state index in [9.17, 15) is 23.1 Å². The van der Waals surface area contributed by atoms with Crippen molar-refractivity contribution in [2.45, 2.75) is 26.6 Å². The highest BCUT2D eigenvalue weighted by molar-refractivity contribution is 5.95. The molecule has 3 N–H and O–H groups in total. The summed E-state index contributed by atoms with van der Waals surface area (Å²) >= 11 is 0. The van der Waals surface area contributed by atoms with Crippen molar-refractivity contribution in [1.29, 1.82) is 0 Å². The lowest BCUT2D eigenvalue weighted by molar-refractivity contribution is -0.140. The van der Waals surface area contributed by atoms with E-state index in [4.69, 9.17) is 0 Å². The SMILES string of the molecule is CCNC(=O)c1ccc(NCC#Cc2cc3c(C)cccc3n2CC(F)(F)F)c(O)c1. The fourth-order valence-electron chi connectivity index (χ4n) is 3.25. The minimum absolute atomic E-state index is 0.0978. The van der Waals surface area contributed by atoms with Gasteiger partial charge in [0, 0.05) is 23.0 Å². The zero-order valence-electron chi connectivity index (χ0n) is 17.1. The Balaban J connectivity index is 1.79. The van der Waals surface area contributed by atoms with Crippen LogP contribution in [0.15, 0.2) is 42.5 Å². The summed E-state index contributed by atoms with van der Waals surface area (Å²) in [4.78, 5) is 11.8. The maximum absolute atomic E-state index is 13.1. The lowest BCUT2D eigenvalue weighted by Gasteiger charge is -2.11. The van der Waals surface area contributed by atoms with Gasteiger partial charge in [-0.15, -0.1) is 0 Å². The maximum atomic E-state index is 13.1. The van der Waals surface area contributed by atoms with E-state index >= 15 is 0 Å². The van der Waals surface area contributed by atoms with Crippen LogP contribution in [0.1, 0.15) is 28.5 Å². The lowest BCUT2D eigenvalue weighted by Crippen LogP contribution is -2.22. The molecule has 162 valence electrons. The van der Waals surface area contributed by atoms with Crippen molar-refractivity contribution in [3.05, 3.63) is 59.3 Å². The van der Waals surface area contributed by atoms with E-state index in [2.05, 4.69) is 22.5 Å². The quantitative estimate of drug-likeness (QED) is 0.415. The molecule has 0 unspecified atom stereocenters. The minimum atomic E-state index is -4.37. The normalized spacial score (nSPS) is 11.1. The second-order valence-corrected chi connectivity index (χ2v) is 6.99. The smallest absolute Gasteiger partial charge is 0.406 e. The zero-order valence-corrected chi connectivity index (χ0v) is 17.1. The summed E-state index contributed by atoms with van der Waals surface area (Å²) in [5.74, 6) is 5.18. The summed E-state index contributed by atoms with van der Waals surface area (Å²) in [7, 11) is 0. The van der Waals surface area contributed by atoms with E-state index in [-0.39, 0.29) is 23.9 Å². The molecule has 0 aliphatic heterocycles. The highest BCUT2D eigenvalue weighted by Gasteiger charge is 2.29. The predicted molar refractivity (Wildman–Crippen MR) is 114 cm³/mol. The molecule has 2 aromatic carbocycles. The molecule has 31 heavy (non-hydrogen) atoms. The van der Waals surface area contributed by atoms with E-state index in [1.165, 1.54) is 6.07 Å². The number of alkyl halides is 3. The highest BCUT2D eigenvalue weighted by Crippen LogP contribution is 2.27. The van der Waals surface area contributed by atoms with Gasteiger partial charge in [-0.1, -0.05) is 18.1 Å². The van der Waals surface area contributed by atoms with Crippen LogP contribution in [0.4, 0.5) is 18.9 Å². The summed E-state index contributed by atoms with van der Waals surface area (Å²) in [5, 5.41) is 16.4. The maximum Gasteiger partial charge on any atom is 0.406 e. The first-order chi connectivity index (χ1) is 14.7. The largest absolute Gasteiger partial charge is 0.506 e. The molecule has 0 aliphatic carbocycles. The summed E-state index contributed by atoms with van der Waals surface area (Å²) in [6, 6.07) is 11.3. The molecule has 5 nitrogen and oxygen atoms in total. The van der Waals surface area contributed by atoms with Crippen LogP contribution in [0.25, 0.3) is 10.9 Å². The van der Waals surface area contributed by atoms with Crippen LogP contribution in [0.2, 0.25) is 0 Å². The van der Waals surface area contributed by atoms with Gasteiger partial charge in [-0.25, -0.2) is 0 Å². The monoisotopic (exact) mass is 429 g/mol. The third kappa shape index (κ3) is 5.31. The molecule has 1 aromatic heterocycles. The van der Waals surface area contributed by atoms with Crippen LogP contribution >= 0.6 is 0 Å². The number of aromatic hydroxyl groups is 1. The van der Waals surface area contributed by atoms with Crippen molar-refractivity contribution in [1.82, 2.24) is 9.88 Å². The van der Waals surface area contributed by atoms with E-state index in [1.807, 2.05) is 13.0 Å². The zero-order chi connectivity index (χ0) is 22.6. The number of aryl methyl sites for hydroxylation is 1. The third-order valence-electron chi connectivity index (χ3n) is 4.68. The molecule has 0 radical (unpaired) electrons. The molecular formula is C23H22F3N3O2. The Kier molecular flexibility index (Phi) is 6.44. The number of carbonyl (C=O) groups is 1. The Morgan fingerprint density at radius 1 is 1.19 bits per heavy atom. The number of halogens is 3. The third-order valence-corrected chi connectivity index (χ3v) is 4.68. The molecule has 8 heteroatoms. The van der Waals surface area contributed by atoms with Gasteiger partial charge in [0.1, 0.15) is 12.3 Å². The van der Waals surface area contributed by atoms with Gasteiger partial charge < -0.3 is 20.3 Å². The van der Waals surface area contributed by atoms with Crippen molar-refractivity contribution in [3.8, 4) is 17.6 Å². The first kappa shape index (κ1) is 22.1. The molecule has 3 aromatic rings. The van der Waals surface area contributed by atoms with Crippen molar-refractivity contribution >= 4 is 22.5 Å². The van der Waals surface area contributed by atoms with E-state index in [1.54, 1.807) is 37.3 Å². The Labute approximate surface area is 177 Å². The molecule has 0 saturated heterocycles. The number of nitrogens with zero attached hydrogens (tertiary/aromatic N) is 1. The second kappa shape index (κ2) is 9.04. The highest BCUT2D eigenvalue weighted by atomic mass is 19.4. The van der Waals surface area contributed by atoms with Crippen LogP contribution in [0, 0.1) is 18.8 Å². The molecule has 1 amide bonds. The van der Waals surface area contributed by atoms with E-state index in [0.29, 0.717) is 23.3 Å². The molecule has 3 rings (SSSR count). The number of phenolic OH excluding ortho intramolecular Hbond substituents is 1. The number of phenols is 1. The number of hydrogen-bond acceptors (Lipinski definition) is 3. The Hall–Kier alpha value is -3.60. The Morgan fingerprint density at radius 3 is 2.65 bits per heavy atom. The average Bonchev–Trinajstić information content (AvgIpc) is 3.03. The van der Waals surface area contributed by atoms with Crippen LogP contribution in [-0.4, -0.2) is 34.8 Å². The molecule has 0 bridgehead atoms. The number of nitrogens with one attached hydrogen (secondary N) is 2. The van der Waals surface area contributed by atoms with Gasteiger partial charge in [0.05, 0.1) is 17.9 Å². The van der Waals surface area contributed by atoms with Gasteiger partial charge >= 0.3 is 6.18 Å². The van der Waals surface area contributed by atoms with Crippen LogP contribution < -0.4 is 10.6 Å². The van der Waals surface area contributed by atoms with Gasteiger partial charge in [0.15, 0.2) is 0 Å². The van der Waals surface area contributed by atoms with Gasteiger partial charge in [-0.05, 0) is 55.7 Å². The Bertz CT molecular complexity index is 1170. The summed E-state index contributed by atoms with van der Waals surface area (Å²) < 4.78 is 40.4. The number of anilines is 1. The van der Waals surface area contributed by atoms with Crippen molar-refractivity contribution in [2.24, 2.45) is 0 Å². The Morgan fingerprint density at radius 2 is 1.97 bits per heavy atom. The second-order valence-electron chi connectivity index (χ2n) is 6.99. The van der Waals surface area contributed by atoms with Crippen molar-refractivity contribution < 1.29 is 23.1 Å². The van der Waals surface area contributed by atoms with Crippen molar-refractivity contribution in [2.75, 3.05) is 18.4 Å². The number of amides is 1. The number of hydrogen-bond donors (Lipinski definition) is 3. The van der Waals surface area contributed by atoms with Crippen LogP contribution in [0.3, 0.4) is 0 Å². The summed E-state index contributed by atoms with van der Waals surface area (Å²) in [6.07, 6.45) is -4.37. The van der Waals surface area contributed by atoms with E-state index in [0.717, 1.165) is 15.5 Å². The number of benzene rings is 2. The van der Waals surface area contributed by atoms with Crippen molar-refractivity contribution in [3.63, 3.8) is 0 Å². The molecule has 0 spiro atoms. The van der Waals surface area contributed by atoms with Gasteiger partial charge in [0.2, 0.25) is 0 Å². The number of fused-ring (bicyclic) bond motifs is 1. The molecule has 0 fully saturated rings. The number of aromatic nitrogens is 1.